The maximum Gasteiger partial charge on any atom is 0.264 e. The van der Waals surface area contributed by atoms with Gasteiger partial charge in [-0.3, -0.25) is 13.9 Å². The quantitative estimate of drug-likeness (QED) is 0.215. The van der Waals surface area contributed by atoms with Crippen LogP contribution in [0.25, 0.3) is 0 Å². The van der Waals surface area contributed by atoms with Crippen LogP contribution < -0.4 is 9.62 Å². The lowest BCUT2D eigenvalue weighted by Crippen LogP contribution is -2.53. The Kier molecular flexibility index (Phi) is 10.7. The van der Waals surface area contributed by atoms with Gasteiger partial charge >= 0.3 is 0 Å². The minimum atomic E-state index is -4.11. The fourth-order valence-electron chi connectivity index (χ4n) is 4.85. The summed E-state index contributed by atoms with van der Waals surface area (Å²) in [4.78, 5) is 29.7. The second-order valence-corrected chi connectivity index (χ2v) is 12.5. The molecule has 0 radical (unpaired) electrons. The minimum absolute atomic E-state index is 0.0790. The SMILES string of the molecule is CCCNC(=O)C(Cc1ccccc1)N(Cc1ccccc1C)C(=O)CN(c1ccc(C)cc1)S(=O)(=O)c1ccccc1. The summed E-state index contributed by atoms with van der Waals surface area (Å²) in [6.45, 7) is 5.98. The van der Waals surface area contributed by atoms with E-state index in [0.717, 1.165) is 33.0 Å². The number of aryl methyl sites for hydroxylation is 2. The number of benzene rings is 4. The van der Waals surface area contributed by atoms with Gasteiger partial charge in [0.15, 0.2) is 0 Å². The lowest BCUT2D eigenvalue weighted by Gasteiger charge is -2.34. The second-order valence-electron chi connectivity index (χ2n) is 10.6. The van der Waals surface area contributed by atoms with Crippen LogP contribution in [0.15, 0.2) is 114 Å². The number of nitrogens with zero attached hydrogens (tertiary/aromatic N) is 2. The molecule has 224 valence electrons. The third-order valence-corrected chi connectivity index (χ3v) is 9.14. The molecule has 0 aliphatic heterocycles. The van der Waals surface area contributed by atoms with Crippen molar-refractivity contribution < 1.29 is 18.0 Å². The van der Waals surface area contributed by atoms with Crippen molar-refractivity contribution in [1.29, 1.82) is 0 Å². The molecule has 0 aliphatic rings. The van der Waals surface area contributed by atoms with Gasteiger partial charge in [-0.15, -0.1) is 0 Å². The first-order valence-corrected chi connectivity index (χ1v) is 15.9. The van der Waals surface area contributed by atoms with Crippen LogP contribution in [0.2, 0.25) is 0 Å². The molecule has 0 bridgehead atoms. The zero-order chi connectivity index (χ0) is 30.8. The Bertz CT molecular complexity index is 1610. The Morgan fingerprint density at radius 3 is 2.02 bits per heavy atom. The standard InChI is InChI=1S/C35H39N3O4S/c1-4-23-36-35(40)33(24-29-14-7-5-8-15-29)37(25-30-16-12-11-13-28(30)3)34(39)26-38(31-21-19-27(2)20-22-31)43(41,42)32-17-9-6-10-18-32/h5-22,33H,4,23-26H2,1-3H3,(H,36,40). The molecule has 2 amide bonds. The number of carbonyl (C=O) groups excluding carboxylic acids is 2. The van der Waals surface area contributed by atoms with E-state index in [-0.39, 0.29) is 23.8 Å². The van der Waals surface area contributed by atoms with Crippen molar-refractivity contribution in [2.45, 2.75) is 51.1 Å². The van der Waals surface area contributed by atoms with Crippen LogP contribution in [0, 0.1) is 13.8 Å². The monoisotopic (exact) mass is 597 g/mol. The first-order chi connectivity index (χ1) is 20.7. The number of rotatable bonds is 13. The minimum Gasteiger partial charge on any atom is -0.354 e. The molecule has 7 nitrogen and oxygen atoms in total. The average Bonchev–Trinajstić information content (AvgIpc) is 3.02. The number of anilines is 1. The zero-order valence-corrected chi connectivity index (χ0v) is 25.8. The van der Waals surface area contributed by atoms with E-state index in [4.69, 9.17) is 0 Å². The maximum atomic E-state index is 14.4. The largest absolute Gasteiger partial charge is 0.354 e. The van der Waals surface area contributed by atoms with Crippen molar-refractivity contribution in [3.8, 4) is 0 Å². The smallest absolute Gasteiger partial charge is 0.264 e. The van der Waals surface area contributed by atoms with E-state index < -0.39 is 28.5 Å². The van der Waals surface area contributed by atoms with Crippen LogP contribution in [0.1, 0.15) is 35.6 Å². The van der Waals surface area contributed by atoms with Crippen LogP contribution in [0.3, 0.4) is 0 Å². The van der Waals surface area contributed by atoms with Gasteiger partial charge in [0.2, 0.25) is 11.8 Å². The normalized spacial score (nSPS) is 11.9. The highest BCUT2D eigenvalue weighted by molar-refractivity contribution is 7.92. The fraction of sp³-hybridized carbons (Fsp3) is 0.257. The van der Waals surface area contributed by atoms with E-state index in [9.17, 15) is 18.0 Å². The van der Waals surface area contributed by atoms with E-state index in [2.05, 4.69) is 5.32 Å². The Morgan fingerprint density at radius 1 is 0.791 bits per heavy atom. The van der Waals surface area contributed by atoms with Crippen molar-refractivity contribution in [1.82, 2.24) is 10.2 Å². The molecule has 43 heavy (non-hydrogen) atoms. The highest BCUT2D eigenvalue weighted by Crippen LogP contribution is 2.25. The number of carbonyl (C=O) groups is 2. The third-order valence-electron chi connectivity index (χ3n) is 7.35. The van der Waals surface area contributed by atoms with Crippen LogP contribution in [-0.4, -0.2) is 44.3 Å². The molecule has 1 atom stereocenters. The average molecular weight is 598 g/mol. The van der Waals surface area contributed by atoms with E-state index in [1.807, 2.05) is 87.5 Å². The Labute approximate surface area is 255 Å². The summed E-state index contributed by atoms with van der Waals surface area (Å²) in [5, 5.41) is 2.97. The van der Waals surface area contributed by atoms with E-state index in [0.29, 0.717) is 12.2 Å². The first kappa shape index (κ1) is 31.5. The lowest BCUT2D eigenvalue weighted by atomic mass is 10.0. The van der Waals surface area contributed by atoms with Crippen LogP contribution in [0.5, 0.6) is 0 Å². The van der Waals surface area contributed by atoms with Gasteiger partial charge in [0.1, 0.15) is 12.6 Å². The van der Waals surface area contributed by atoms with Gasteiger partial charge in [-0.1, -0.05) is 97.4 Å². The fourth-order valence-corrected chi connectivity index (χ4v) is 6.29. The summed E-state index contributed by atoms with van der Waals surface area (Å²) in [5.41, 5.74) is 4.08. The van der Waals surface area contributed by atoms with Gasteiger partial charge in [-0.2, -0.15) is 0 Å². The van der Waals surface area contributed by atoms with Gasteiger partial charge in [-0.25, -0.2) is 8.42 Å². The molecule has 0 saturated carbocycles. The molecule has 0 aliphatic carbocycles. The molecule has 1 unspecified atom stereocenters. The summed E-state index contributed by atoms with van der Waals surface area (Å²) in [6, 6.07) is 31.5. The molecule has 0 saturated heterocycles. The van der Waals surface area contributed by atoms with Gasteiger partial charge in [0.25, 0.3) is 10.0 Å². The molecular weight excluding hydrogens is 558 g/mol. The van der Waals surface area contributed by atoms with E-state index in [1.165, 1.54) is 17.0 Å². The number of hydrogen-bond donors (Lipinski definition) is 1. The summed E-state index contributed by atoms with van der Waals surface area (Å²) in [6.07, 6.45) is 1.02. The van der Waals surface area contributed by atoms with E-state index >= 15 is 0 Å². The van der Waals surface area contributed by atoms with Gasteiger partial charge in [-0.05, 0) is 61.2 Å². The Hall–Kier alpha value is -4.43. The Balaban J connectivity index is 1.79. The van der Waals surface area contributed by atoms with Crippen molar-refractivity contribution in [3.05, 3.63) is 131 Å². The number of sulfonamides is 1. The third kappa shape index (κ3) is 8.11. The number of amides is 2. The number of hydrogen-bond acceptors (Lipinski definition) is 4. The summed E-state index contributed by atoms with van der Waals surface area (Å²) in [7, 11) is -4.11. The maximum absolute atomic E-state index is 14.4. The topological polar surface area (TPSA) is 86.8 Å². The van der Waals surface area contributed by atoms with Crippen molar-refractivity contribution in [2.24, 2.45) is 0 Å². The lowest BCUT2D eigenvalue weighted by molar-refractivity contribution is -0.140. The van der Waals surface area contributed by atoms with Gasteiger partial charge in [0, 0.05) is 19.5 Å². The molecular formula is C35H39N3O4S. The van der Waals surface area contributed by atoms with Crippen LogP contribution in [-0.2, 0) is 32.6 Å². The second kappa shape index (κ2) is 14.6. The van der Waals surface area contributed by atoms with Crippen molar-refractivity contribution in [3.63, 3.8) is 0 Å². The van der Waals surface area contributed by atoms with Crippen LogP contribution in [0.4, 0.5) is 5.69 Å². The molecule has 4 aromatic carbocycles. The molecule has 0 fully saturated rings. The molecule has 1 N–H and O–H groups in total. The van der Waals surface area contributed by atoms with Crippen LogP contribution >= 0.6 is 0 Å². The Morgan fingerprint density at radius 2 is 1.40 bits per heavy atom. The molecule has 4 aromatic rings. The first-order valence-electron chi connectivity index (χ1n) is 14.5. The molecule has 0 spiro atoms. The summed E-state index contributed by atoms with van der Waals surface area (Å²) < 4.78 is 29.1. The van der Waals surface area contributed by atoms with Crippen molar-refractivity contribution >= 4 is 27.5 Å². The molecule has 0 heterocycles. The highest BCUT2D eigenvalue weighted by Gasteiger charge is 2.34. The van der Waals surface area contributed by atoms with Crippen molar-refractivity contribution in [2.75, 3.05) is 17.4 Å². The van der Waals surface area contributed by atoms with E-state index in [1.54, 1.807) is 30.3 Å². The molecule has 8 heteroatoms. The summed E-state index contributed by atoms with van der Waals surface area (Å²) >= 11 is 0. The number of nitrogens with one attached hydrogen (secondary N) is 1. The van der Waals surface area contributed by atoms with Gasteiger partial charge in [0.05, 0.1) is 10.6 Å². The molecule has 0 aromatic heterocycles. The molecule has 4 rings (SSSR count). The predicted octanol–water partition coefficient (Wildman–Crippen LogP) is 5.67. The highest BCUT2D eigenvalue weighted by atomic mass is 32.2. The zero-order valence-electron chi connectivity index (χ0n) is 24.9. The summed E-state index contributed by atoms with van der Waals surface area (Å²) in [5.74, 6) is -0.753. The van der Waals surface area contributed by atoms with Gasteiger partial charge < -0.3 is 10.2 Å². The predicted molar refractivity (Wildman–Crippen MR) is 171 cm³/mol.